The zero-order valence-corrected chi connectivity index (χ0v) is 28.0. The van der Waals surface area contributed by atoms with E-state index in [4.69, 9.17) is 4.74 Å². The lowest BCUT2D eigenvalue weighted by molar-refractivity contribution is -0.154. The maximum atomic E-state index is 12.4. The van der Waals surface area contributed by atoms with Gasteiger partial charge in [-0.2, -0.15) is 0 Å². The Morgan fingerprint density at radius 3 is 1.75 bits per heavy atom. The third-order valence-electron chi connectivity index (χ3n) is 4.67. The molecule has 0 aromatic heterocycles. The highest BCUT2D eigenvalue weighted by Crippen LogP contribution is 2.17. The summed E-state index contributed by atoms with van der Waals surface area (Å²) in [5.74, 6) is -1.34. The van der Waals surface area contributed by atoms with Crippen LogP contribution in [-0.2, 0) is 30.5 Å². The minimum absolute atomic E-state index is 0.108. The van der Waals surface area contributed by atoms with E-state index in [0.717, 1.165) is 18.4 Å². The van der Waals surface area contributed by atoms with Gasteiger partial charge < -0.3 is 20.7 Å². The van der Waals surface area contributed by atoms with Gasteiger partial charge in [0.15, 0.2) is 0 Å². The molecular formula is C32H61N3O5. The number of esters is 1. The van der Waals surface area contributed by atoms with Gasteiger partial charge in [-0.15, -0.1) is 0 Å². The fourth-order valence-corrected chi connectivity index (χ4v) is 2.65. The van der Waals surface area contributed by atoms with E-state index >= 15 is 0 Å². The van der Waals surface area contributed by atoms with Gasteiger partial charge in [-0.3, -0.25) is 19.2 Å². The van der Waals surface area contributed by atoms with E-state index in [0.29, 0.717) is 12.1 Å². The van der Waals surface area contributed by atoms with Gasteiger partial charge in [0.2, 0.25) is 17.7 Å². The van der Waals surface area contributed by atoms with E-state index in [-0.39, 0.29) is 36.9 Å². The normalized spacial score (nSPS) is 10.3. The van der Waals surface area contributed by atoms with E-state index in [1.165, 1.54) is 0 Å². The first-order chi connectivity index (χ1) is 18.9. The van der Waals surface area contributed by atoms with Crippen molar-refractivity contribution in [3.05, 3.63) is 29.8 Å². The van der Waals surface area contributed by atoms with Gasteiger partial charge in [0.1, 0.15) is 12.6 Å². The first-order valence-corrected chi connectivity index (χ1v) is 15.1. The number of carbonyl (C=O) groups excluding carboxylic acids is 4. The summed E-state index contributed by atoms with van der Waals surface area (Å²) in [6, 6.07) is 6.22. The summed E-state index contributed by atoms with van der Waals surface area (Å²) in [4.78, 5) is 48.4. The number of amides is 3. The quantitative estimate of drug-likeness (QED) is 0.243. The molecule has 3 amide bonds. The number of rotatable bonds is 11. The van der Waals surface area contributed by atoms with Crippen LogP contribution in [0, 0.1) is 11.3 Å². The zero-order chi connectivity index (χ0) is 32.3. The Morgan fingerprint density at radius 1 is 0.825 bits per heavy atom. The van der Waals surface area contributed by atoms with E-state index < -0.39 is 17.4 Å². The van der Waals surface area contributed by atoms with Crippen LogP contribution in [0.2, 0.25) is 0 Å². The maximum Gasteiger partial charge on any atom is 0.311 e. The Morgan fingerprint density at radius 2 is 1.32 bits per heavy atom. The van der Waals surface area contributed by atoms with E-state index in [9.17, 15) is 19.2 Å². The number of nitrogens with one attached hydrogen (secondary N) is 3. The Kier molecular flexibility index (Phi) is 30.5. The van der Waals surface area contributed by atoms with Crippen molar-refractivity contribution in [3.63, 3.8) is 0 Å². The number of hydrogen-bond donors (Lipinski definition) is 3. The van der Waals surface area contributed by atoms with Gasteiger partial charge in [-0.25, -0.2) is 0 Å². The first kappa shape index (κ1) is 44.1. The summed E-state index contributed by atoms with van der Waals surface area (Å²) in [6.45, 7) is 27.0. The van der Waals surface area contributed by atoms with Crippen LogP contribution in [0.3, 0.4) is 0 Å². The van der Waals surface area contributed by atoms with Crippen molar-refractivity contribution < 1.29 is 23.9 Å². The van der Waals surface area contributed by atoms with Crippen molar-refractivity contribution in [2.75, 3.05) is 11.9 Å². The maximum absolute atomic E-state index is 12.4. The van der Waals surface area contributed by atoms with Gasteiger partial charge in [0, 0.05) is 12.1 Å². The number of anilines is 1. The highest BCUT2D eigenvalue weighted by Gasteiger charge is 2.24. The minimum atomic E-state index is -0.692. The number of ether oxygens (including phenoxy) is 1. The smallest absolute Gasteiger partial charge is 0.311 e. The molecule has 8 nitrogen and oxygen atoms in total. The Labute approximate surface area is 245 Å². The van der Waals surface area contributed by atoms with Gasteiger partial charge in [-0.1, -0.05) is 94.7 Å². The standard InChI is InChI=1S/C24H37N3O5.4C2H6/c1-7-8-9-19(28)27-21(16(2)3)22(30)25-14-20(29)26-18-12-10-17(11-13-18)15-32-23(31)24(4,5)6;4*1-2/h10-13,16,21H,7-9,14-15H2,1-6H3,(H,25,30)(H,26,29)(H,27,28);4*1-2H3. The second-order valence-corrected chi connectivity index (χ2v) is 9.18. The van der Waals surface area contributed by atoms with E-state index in [1.54, 1.807) is 45.0 Å². The van der Waals surface area contributed by atoms with Crippen LogP contribution in [0.4, 0.5) is 5.69 Å². The van der Waals surface area contributed by atoms with Crippen molar-refractivity contribution in [2.24, 2.45) is 11.3 Å². The summed E-state index contributed by atoms with van der Waals surface area (Å²) in [6.07, 6.45) is 2.03. The van der Waals surface area contributed by atoms with Crippen LogP contribution in [0.15, 0.2) is 24.3 Å². The number of carbonyl (C=O) groups is 4. The summed E-state index contributed by atoms with van der Waals surface area (Å²) in [5, 5.41) is 8.02. The molecule has 0 heterocycles. The molecule has 0 fully saturated rings. The molecule has 0 aliphatic carbocycles. The van der Waals surface area contributed by atoms with Crippen molar-refractivity contribution in [3.8, 4) is 0 Å². The summed E-state index contributed by atoms with van der Waals surface area (Å²) < 4.78 is 5.27. The van der Waals surface area contributed by atoms with Crippen LogP contribution in [0.5, 0.6) is 0 Å². The highest BCUT2D eigenvalue weighted by atomic mass is 16.5. The summed E-state index contributed by atoms with van der Waals surface area (Å²) in [7, 11) is 0. The molecule has 1 aromatic rings. The monoisotopic (exact) mass is 567 g/mol. The van der Waals surface area contributed by atoms with Crippen LogP contribution in [0.25, 0.3) is 0 Å². The second kappa shape index (κ2) is 27.7. The highest BCUT2D eigenvalue weighted by molar-refractivity contribution is 5.96. The van der Waals surface area contributed by atoms with Gasteiger partial charge in [-0.05, 0) is 50.8 Å². The van der Waals surface area contributed by atoms with Crippen LogP contribution < -0.4 is 16.0 Å². The van der Waals surface area contributed by atoms with Crippen molar-refractivity contribution in [1.29, 1.82) is 0 Å². The molecule has 0 saturated heterocycles. The third-order valence-corrected chi connectivity index (χ3v) is 4.67. The molecule has 0 bridgehead atoms. The average molecular weight is 568 g/mol. The molecule has 1 atom stereocenters. The summed E-state index contributed by atoms with van der Waals surface area (Å²) >= 11 is 0. The molecule has 8 heteroatoms. The fraction of sp³-hybridized carbons (Fsp3) is 0.688. The Balaban J connectivity index is -0.000000739. The van der Waals surface area contributed by atoms with Crippen molar-refractivity contribution in [1.82, 2.24) is 10.6 Å². The number of unbranched alkanes of at least 4 members (excludes halogenated alkanes) is 1. The van der Waals surface area contributed by atoms with Crippen LogP contribution in [0.1, 0.15) is 122 Å². The SMILES string of the molecule is CC.CC.CC.CC.CCCCC(=O)NC(C(=O)NCC(=O)Nc1ccc(COC(=O)C(C)(C)C)cc1)C(C)C. The predicted molar refractivity (Wildman–Crippen MR) is 169 cm³/mol. The molecule has 1 unspecified atom stereocenters. The Hall–Kier alpha value is -2.90. The number of hydrogen-bond acceptors (Lipinski definition) is 5. The van der Waals surface area contributed by atoms with Crippen molar-refractivity contribution in [2.45, 2.75) is 129 Å². The van der Waals surface area contributed by atoms with E-state index in [2.05, 4.69) is 16.0 Å². The van der Waals surface area contributed by atoms with Crippen molar-refractivity contribution >= 4 is 29.4 Å². The lowest BCUT2D eigenvalue weighted by Gasteiger charge is -2.21. The first-order valence-electron chi connectivity index (χ1n) is 15.1. The minimum Gasteiger partial charge on any atom is -0.460 e. The second-order valence-electron chi connectivity index (χ2n) is 9.18. The topological polar surface area (TPSA) is 114 Å². The molecule has 40 heavy (non-hydrogen) atoms. The van der Waals surface area contributed by atoms with Gasteiger partial charge in [0.25, 0.3) is 0 Å². The molecule has 234 valence electrons. The lowest BCUT2D eigenvalue weighted by atomic mass is 9.97. The predicted octanol–water partition coefficient (Wildman–Crippen LogP) is 7.27. The molecule has 0 spiro atoms. The van der Waals surface area contributed by atoms with Gasteiger partial charge >= 0.3 is 5.97 Å². The molecule has 0 aliphatic heterocycles. The van der Waals surface area contributed by atoms with Crippen LogP contribution in [-0.4, -0.2) is 36.3 Å². The molecule has 1 aromatic carbocycles. The van der Waals surface area contributed by atoms with Crippen LogP contribution >= 0.6 is 0 Å². The number of benzene rings is 1. The van der Waals surface area contributed by atoms with E-state index in [1.807, 2.05) is 76.2 Å². The largest absolute Gasteiger partial charge is 0.460 e. The summed E-state index contributed by atoms with van der Waals surface area (Å²) in [5.41, 5.74) is 0.793. The molecular weight excluding hydrogens is 506 g/mol. The molecule has 1 rings (SSSR count). The fourth-order valence-electron chi connectivity index (χ4n) is 2.65. The third kappa shape index (κ3) is 22.0. The van der Waals surface area contributed by atoms with Gasteiger partial charge in [0.05, 0.1) is 12.0 Å². The average Bonchev–Trinajstić information content (AvgIpc) is 2.96. The lowest BCUT2D eigenvalue weighted by Crippen LogP contribution is -2.51. The molecule has 3 N–H and O–H groups in total. The molecule has 0 aliphatic rings. The Bertz CT molecular complexity index is 785. The molecule has 0 radical (unpaired) electrons. The zero-order valence-electron chi connectivity index (χ0n) is 28.0. The molecule has 0 saturated carbocycles.